The van der Waals surface area contributed by atoms with Gasteiger partial charge >= 0.3 is 12.2 Å². The van der Waals surface area contributed by atoms with E-state index in [0.29, 0.717) is 18.7 Å². The summed E-state index contributed by atoms with van der Waals surface area (Å²) < 4.78 is 65.6. The molecule has 254 valence electrons. The molecule has 2 amide bonds. The van der Waals surface area contributed by atoms with E-state index < -0.39 is 50.2 Å². The molecular weight excluding hydrogens is 673 g/mol. The van der Waals surface area contributed by atoms with Crippen molar-refractivity contribution in [1.82, 2.24) is 9.88 Å². The molecule has 11 nitrogen and oxygen atoms in total. The summed E-state index contributed by atoms with van der Waals surface area (Å²) in [6.45, 7) is 10.1. The fraction of sp³-hybridized carbons (Fsp3) is 0.406. The van der Waals surface area contributed by atoms with Crippen molar-refractivity contribution in [1.29, 1.82) is 0 Å². The van der Waals surface area contributed by atoms with E-state index in [2.05, 4.69) is 4.98 Å². The van der Waals surface area contributed by atoms with Crippen molar-refractivity contribution in [2.45, 2.75) is 70.1 Å². The van der Waals surface area contributed by atoms with Crippen LogP contribution in [0.1, 0.15) is 53.5 Å². The second-order valence-electron chi connectivity index (χ2n) is 12.5. The minimum absolute atomic E-state index is 0.175. The Hall–Kier alpha value is -3.88. The van der Waals surface area contributed by atoms with Crippen molar-refractivity contribution in [3.63, 3.8) is 0 Å². The number of amides is 2. The fourth-order valence-corrected chi connectivity index (χ4v) is 6.86. The van der Waals surface area contributed by atoms with E-state index >= 15 is 4.39 Å². The number of anilines is 1. The SMILES string of the molecule is COc1ccc(C2=CCCN(C(=O)OC(C)(C)C)C2COc2cc(F)c(S(=O)(=O)N(C(=O)OC(C)(C)C)c3cscn3)cc2Cl)cc1. The van der Waals surface area contributed by atoms with Gasteiger partial charge in [0.05, 0.1) is 23.7 Å². The molecule has 0 N–H and O–H groups in total. The Kier molecular flexibility index (Phi) is 10.8. The monoisotopic (exact) mass is 709 g/mol. The lowest BCUT2D eigenvalue weighted by Crippen LogP contribution is -2.48. The van der Waals surface area contributed by atoms with Crippen molar-refractivity contribution in [3.05, 3.63) is 69.8 Å². The first-order valence-electron chi connectivity index (χ1n) is 14.5. The molecule has 0 saturated heterocycles. The predicted molar refractivity (Wildman–Crippen MR) is 177 cm³/mol. The van der Waals surface area contributed by atoms with Gasteiger partial charge in [-0.3, -0.25) is 4.90 Å². The summed E-state index contributed by atoms with van der Waals surface area (Å²) in [6.07, 6.45) is 0.703. The van der Waals surface area contributed by atoms with Gasteiger partial charge in [-0.15, -0.1) is 15.6 Å². The summed E-state index contributed by atoms with van der Waals surface area (Å²) in [4.78, 5) is 30.9. The normalized spacial score (nSPS) is 15.5. The molecule has 0 bridgehead atoms. The van der Waals surface area contributed by atoms with Gasteiger partial charge in [0, 0.05) is 18.0 Å². The molecule has 47 heavy (non-hydrogen) atoms. The number of methoxy groups -OCH3 is 1. The van der Waals surface area contributed by atoms with Gasteiger partial charge in [-0.1, -0.05) is 29.8 Å². The Morgan fingerprint density at radius 2 is 1.74 bits per heavy atom. The number of benzene rings is 2. The third-order valence-electron chi connectivity index (χ3n) is 6.61. The fourth-order valence-electron chi connectivity index (χ4n) is 4.64. The van der Waals surface area contributed by atoms with Gasteiger partial charge in [0.15, 0.2) is 5.82 Å². The van der Waals surface area contributed by atoms with Crippen molar-refractivity contribution >= 4 is 56.5 Å². The zero-order valence-electron chi connectivity index (χ0n) is 27.1. The minimum Gasteiger partial charge on any atom is -0.497 e. The number of nitrogens with zero attached hydrogens (tertiary/aromatic N) is 3. The summed E-state index contributed by atoms with van der Waals surface area (Å²) in [5.41, 5.74) is 1.07. The van der Waals surface area contributed by atoms with Gasteiger partial charge in [-0.25, -0.2) is 27.4 Å². The number of hydrogen-bond donors (Lipinski definition) is 0. The van der Waals surface area contributed by atoms with E-state index in [4.69, 9.17) is 30.5 Å². The average Bonchev–Trinajstić information content (AvgIpc) is 3.49. The first kappa shape index (κ1) is 36.0. The van der Waals surface area contributed by atoms with E-state index in [9.17, 15) is 18.0 Å². The molecule has 0 spiro atoms. The predicted octanol–water partition coefficient (Wildman–Crippen LogP) is 7.55. The Bertz CT molecular complexity index is 1740. The molecule has 1 atom stereocenters. The topological polar surface area (TPSA) is 125 Å². The zero-order chi connectivity index (χ0) is 34.7. The van der Waals surface area contributed by atoms with Crippen LogP contribution in [-0.4, -0.2) is 68.0 Å². The van der Waals surface area contributed by atoms with Crippen molar-refractivity contribution in [2.24, 2.45) is 0 Å². The number of rotatable bonds is 8. The third kappa shape index (κ3) is 8.73. The van der Waals surface area contributed by atoms with E-state index in [1.54, 1.807) is 60.8 Å². The lowest BCUT2D eigenvalue weighted by Gasteiger charge is -2.37. The summed E-state index contributed by atoms with van der Waals surface area (Å²) in [7, 11) is -3.33. The Balaban J connectivity index is 1.67. The van der Waals surface area contributed by atoms with Crippen LogP contribution in [-0.2, 0) is 19.5 Å². The Morgan fingerprint density at radius 1 is 1.09 bits per heavy atom. The highest BCUT2D eigenvalue weighted by atomic mass is 35.5. The second-order valence-corrected chi connectivity index (χ2v) is 15.4. The maximum Gasteiger partial charge on any atom is 0.430 e. The van der Waals surface area contributed by atoms with Crippen molar-refractivity contribution in [2.75, 3.05) is 24.6 Å². The molecule has 2 heterocycles. The largest absolute Gasteiger partial charge is 0.497 e. The molecule has 0 saturated carbocycles. The van der Waals surface area contributed by atoms with E-state index in [0.717, 1.165) is 34.6 Å². The number of hydrogen-bond acceptors (Lipinski definition) is 10. The summed E-state index contributed by atoms with van der Waals surface area (Å²) in [5.74, 6) is -1.02. The molecule has 3 aromatic rings. The smallest absolute Gasteiger partial charge is 0.430 e. The summed E-state index contributed by atoms with van der Waals surface area (Å²) in [6, 6.07) is 8.28. The Labute approximate surface area is 282 Å². The lowest BCUT2D eigenvalue weighted by atomic mass is 9.93. The molecule has 1 aliphatic rings. The number of aromatic nitrogens is 1. The summed E-state index contributed by atoms with van der Waals surface area (Å²) in [5, 5.41) is 1.06. The molecule has 1 aliphatic heterocycles. The molecule has 2 aromatic carbocycles. The lowest BCUT2D eigenvalue weighted by molar-refractivity contribution is 0.0162. The molecule has 1 unspecified atom stereocenters. The van der Waals surface area contributed by atoms with Gasteiger partial charge in [-0.2, -0.15) is 0 Å². The van der Waals surface area contributed by atoms with Gasteiger partial charge < -0.3 is 18.9 Å². The number of halogens is 2. The van der Waals surface area contributed by atoms with E-state index in [1.807, 2.05) is 18.2 Å². The number of carbonyl (C=O) groups excluding carboxylic acids is 2. The molecule has 1 aromatic heterocycles. The van der Waals surface area contributed by atoms with Gasteiger partial charge in [0.25, 0.3) is 10.0 Å². The van der Waals surface area contributed by atoms with Gasteiger partial charge in [0.1, 0.15) is 40.0 Å². The van der Waals surface area contributed by atoms with E-state index in [-0.39, 0.29) is 27.5 Å². The number of ether oxygens (including phenoxy) is 4. The molecular formula is C32H37ClFN3O8S2. The maximum absolute atomic E-state index is 15.7. The van der Waals surface area contributed by atoms with Crippen LogP contribution in [0.25, 0.3) is 5.57 Å². The second kappa shape index (κ2) is 14.1. The highest BCUT2D eigenvalue weighted by Gasteiger charge is 2.39. The Morgan fingerprint density at radius 3 is 2.32 bits per heavy atom. The van der Waals surface area contributed by atoms with Gasteiger partial charge in [0.2, 0.25) is 0 Å². The molecule has 15 heteroatoms. The standard InChI is InChI=1S/C32H37ClFN3O8S2/c1-31(2,3)44-29(38)36-14-8-9-22(20-10-12-21(42-7)13-11-20)25(36)17-43-26-16-24(34)27(15-23(26)33)47(40,41)37(28-18-46-19-35-28)30(39)45-32(4,5)6/h9-13,15-16,18-19,25H,8,14,17H2,1-7H3. The number of sulfonamides is 1. The van der Waals surface area contributed by atoms with Crippen LogP contribution in [0.15, 0.2) is 58.3 Å². The van der Waals surface area contributed by atoms with Crippen LogP contribution in [0.3, 0.4) is 0 Å². The van der Waals surface area contributed by atoms with Crippen molar-refractivity contribution in [3.8, 4) is 11.5 Å². The highest BCUT2D eigenvalue weighted by molar-refractivity contribution is 7.93. The average molecular weight is 710 g/mol. The quantitative estimate of drug-likeness (QED) is 0.233. The van der Waals surface area contributed by atoms with Gasteiger partial charge in [-0.05, 0) is 77.3 Å². The first-order chi connectivity index (χ1) is 21.9. The highest BCUT2D eigenvalue weighted by Crippen LogP contribution is 2.36. The van der Waals surface area contributed by atoms with Crippen molar-refractivity contribution < 1.29 is 41.3 Å². The molecule has 0 aliphatic carbocycles. The maximum atomic E-state index is 15.7. The van der Waals surface area contributed by atoms with Crippen LogP contribution in [0.5, 0.6) is 11.5 Å². The molecule has 0 fully saturated rings. The van der Waals surface area contributed by atoms with Crippen LogP contribution >= 0.6 is 22.9 Å². The third-order valence-corrected chi connectivity index (χ3v) is 9.16. The minimum atomic E-state index is -4.89. The zero-order valence-corrected chi connectivity index (χ0v) is 29.5. The number of thiazole rings is 1. The molecule has 4 rings (SSSR count). The molecule has 0 radical (unpaired) electrons. The first-order valence-corrected chi connectivity index (χ1v) is 17.3. The van der Waals surface area contributed by atoms with Crippen LogP contribution in [0.2, 0.25) is 5.02 Å². The van der Waals surface area contributed by atoms with E-state index in [1.165, 1.54) is 15.8 Å². The van der Waals surface area contributed by atoms with Crippen LogP contribution < -0.4 is 13.8 Å². The van der Waals surface area contributed by atoms with Crippen LogP contribution in [0, 0.1) is 5.82 Å². The number of carbonyl (C=O) groups is 2. The van der Waals surface area contributed by atoms with Crippen LogP contribution in [0.4, 0.5) is 19.8 Å². The summed E-state index contributed by atoms with van der Waals surface area (Å²) >= 11 is 7.51.